The first-order valence-electron chi connectivity index (χ1n) is 11.6. The van der Waals surface area contributed by atoms with Crippen LogP contribution in [-0.2, 0) is 0 Å². The number of benzene rings is 2. The Balaban J connectivity index is 1.30. The Morgan fingerprint density at radius 2 is 1.72 bits per heavy atom. The van der Waals surface area contributed by atoms with Gasteiger partial charge < -0.3 is 26.0 Å². The topological polar surface area (TPSA) is 139 Å². The van der Waals surface area contributed by atoms with Crippen LogP contribution in [0.4, 0.5) is 11.4 Å². The summed E-state index contributed by atoms with van der Waals surface area (Å²) >= 11 is 6.06. The van der Waals surface area contributed by atoms with E-state index in [1.807, 2.05) is 0 Å². The van der Waals surface area contributed by atoms with Crippen LogP contribution in [0.1, 0.15) is 44.2 Å². The zero-order valence-electron chi connectivity index (χ0n) is 19.5. The lowest BCUT2D eigenvalue weighted by Gasteiger charge is -2.29. The minimum Gasteiger partial charge on any atom is -0.392 e. The molecule has 1 aliphatic rings. The largest absolute Gasteiger partial charge is 0.392 e. The maximum Gasteiger partial charge on any atom is 0.276 e. The highest BCUT2D eigenvalue weighted by atomic mass is 35.5. The molecule has 36 heavy (non-hydrogen) atoms. The van der Waals surface area contributed by atoms with Crippen molar-refractivity contribution in [2.75, 3.05) is 36.8 Å². The molecule has 0 saturated carbocycles. The van der Waals surface area contributed by atoms with Crippen molar-refractivity contribution in [1.29, 1.82) is 0 Å². The van der Waals surface area contributed by atoms with Gasteiger partial charge in [-0.2, -0.15) is 0 Å². The number of carbonyl (C=O) groups excluding carboxylic acids is 3. The second-order valence-corrected chi connectivity index (χ2v) is 8.85. The molecule has 0 radical (unpaired) electrons. The number of carbonyl (C=O) groups is 3. The molecule has 4 rings (SSSR count). The molecule has 0 bridgehead atoms. The van der Waals surface area contributed by atoms with Gasteiger partial charge in [-0.25, -0.2) is 4.98 Å². The van der Waals surface area contributed by atoms with Crippen molar-refractivity contribution in [3.05, 3.63) is 76.8 Å². The van der Waals surface area contributed by atoms with Gasteiger partial charge in [0.25, 0.3) is 17.7 Å². The Morgan fingerprint density at radius 1 is 1.03 bits per heavy atom. The number of aliphatic hydroxyl groups is 1. The van der Waals surface area contributed by atoms with E-state index < -0.39 is 11.8 Å². The quantitative estimate of drug-likeness (QED) is 0.316. The molecule has 10 nitrogen and oxygen atoms in total. The first-order chi connectivity index (χ1) is 17.4. The minimum atomic E-state index is -0.548. The number of β-amino-alcohol motifs (C(OH)–C–C–N with tert-alkyl or cyclic N) is 1. The molecule has 0 aliphatic carbocycles. The van der Waals surface area contributed by atoms with Gasteiger partial charge >= 0.3 is 0 Å². The first kappa shape index (κ1) is 25.4. The maximum absolute atomic E-state index is 12.7. The van der Waals surface area contributed by atoms with Crippen molar-refractivity contribution in [2.24, 2.45) is 0 Å². The van der Waals surface area contributed by atoms with E-state index in [1.54, 1.807) is 48.5 Å². The van der Waals surface area contributed by atoms with E-state index in [0.29, 0.717) is 41.6 Å². The number of likely N-dealkylation sites (tertiary alicyclic amines) is 1. The number of piperidine rings is 1. The third-order valence-electron chi connectivity index (χ3n) is 5.79. The van der Waals surface area contributed by atoms with Crippen molar-refractivity contribution in [3.8, 4) is 0 Å². The summed E-state index contributed by atoms with van der Waals surface area (Å²) in [4.78, 5) is 46.6. The van der Waals surface area contributed by atoms with E-state index in [1.165, 1.54) is 6.33 Å². The predicted molar refractivity (Wildman–Crippen MR) is 136 cm³/mol. The van der Waals surface area contributed by atoms with E-state index in [9.17, 15) is 19.5 Å². The maximum atomic E-state index is 12.7. The summed E-state index contributed by atoms with van der Waals surface area (Å²) in [5.41, 5.74) is 1.38. The smallest absolute Gasteiger partial charge is 0.276 e. The molecule has 5 N–H and O–H groups in total. The highest BCUT2D eigenvalue weighted by molar-refractivity contribution is 6.34. The van der Waals surface area contributed by atoms with E-state index in [0.717, 1.165) is 19.4 Å². The summed E-state index contributed by atoms with van der Waals surface area (Å²) in [6, 6.07) is 13.3. The number of H-pyrrole nitrogens is 1. The summed E-state index contributed by atoms with van der Waals surface area (Å²) in [6.45, 7) is 2.47. The van der Waals surface area contributed by atoms with Crippen molar-refractivity contribution < 1.29 is 19.5 Å². The number of amides is 3. The second kappa shape index (κ2) is 11.8. The van der Waals surface area contributed by atoms with Crippen LogP contribution in [0.3, 0.4) is 0 Å². The van der Waals surface area contributed by atoms with E-state index in [4.69, 9.17) is 11.6 Å². The number of aliphatic hydroxyl groups excluding tert-OH is 1. The van der Waals surface area contributed by atoms with Gasteiger partial charge in [0.15, 0.2) is 5.69 Å². The van der Waals surface area contributed by atoms with Gasteiger partial charge in [0.2, 0.25) is 0 Å². The third-order valence-corrected chi connectivity index (χ3v) is 6.12. The summed E-state index contributed by atoms with van der Waals surface area (Å²) in [7, 11) is 0. The van der Waals surface area contributed by atoms with Gasteiger partial charge in [-0.05, 0) is 55.8 Å². The molecule has 1 fully saturated rings. The fourth-order valence-electron chi connectivity index (χ4n) is 3.96. The normalized spacial score (nSPS) is 15.8. The van der Waals surface area contributed by atoms with Crippen molar-refractivity contribution in [2.45, 2.75) is 18.9 Å². The van der Waals surface area contributed by atoms with E-state index in [-0.39, 0.29) is 23.4 Å². The molecule has 1 aromatic heterocycles. The standard InChI is InChI=1S/C25H27ClN6O4/c26-20-6-2-1-5-19(20)23(34)30-16-7-9-17(10-8-16)31-25(36)22-21(28-15-29-22)24(35)27-11-13-32-12-3-4-18(33)14-32/h1-2,5-10,15,18,33H,3-4,11-14H2,(H,27,35)(H,28,29)(H,30,34)(H,31,36). The molecular formula is C25H27ClN6O4. The number of anilines is 2. The van der Waals surface area contributed by atoms with Crippen LogP contribution in [0.25, 0.3) is 0 Å². The monoisotopic (exact) mass is 510 g/mol. The molecular weight excluding hydrogens is 484 g/mol. The summed E-state index contributed by atoms with van der Waals surface area (Å²) in [5, 5.41) is 18.3. The molecule has 3 amide bonds. The Hall–Kier alpha value is -3.73. The lowest BCUT2D eigenvalue weighted by atomic mass is 10.1. The van der Waals surface area contributed by atoms with Crippen LogP contribution < -0.4 is 16.0 Å². The molecule has 0 spiro atoms. The Kier molecular flexibility index (Phi) is 8.32. The molecule has 2 aromatic carbocycles. The molecule has 1 unspecified atom stereocenters. The molecule has 11 heteroatoms. The Labute approximate surface area is 213 Å². The number of hydrogen-bond acceptors (Lipinski definition) is 6. The second-order valence-electron chi connectivity index (χ2n) is 8.44. The Bertz CT molecular complexity index is 1230. The van der Waals surface area contributed by atoms with E-state index in [2.05, 4.69) is 30.8 Å². The van der Waals surface area contributed by atoms with E-state index >= 15 is 0 Å². The fourth-order valence-corrected chi connectivity index (χ4v) is 4.18. The molecule has 1 saturated heterocycles. The summed E-state index contributed by atoms with van der Waals surface area (Å²) < 4.78 is 0. The van der Waals surface area contributed by atoms with Crippen LogP contribution >= 0.6 is 11.6 Å². The average molecular weight is 511 g/mol. The molecule has 1 aliphatic heterocycles. The molecule has 3 aromatic rings. The average Bonchev–Trinajstić information content (AvgIpc) is 3.36. The van der Waals surface area contributed by atoms with Crippen LogP contribution in [-0.4, -0.2) is 70.0 Å². The minimum absolute atomic E-state index is 0.0306. The van der Waals surface area contributed by atoms with Gasteiger partial charge in [0, 0.05) is 31.0 Å². The van der Waals surface area contributed by atoms with Crippen molar-refractivity contribution in [3.63, 3.8) is 0 Å². The summed E-state index contributed by atoms with van der Waals surface area (Å²) in [5.74, 6) is -1.33. The number of halogens is 1. The number of nitrogens with zero attached hydrogens (tertiary/aromatic N) is 2. The lowest BCUT2D eigenvalue weighted by Crippen LogP contribution is -2.42. The summed E-state index contributed by atoms with van der Waals surface area (Å²) in [6.07, 6.45) is 2.69. The SMILES string of the molecule is O=C(Nc1ccc(NC(=O)c2nc[nH]c2C(=O)NCCN2CCCC(O)C2)cc1)c1ccccc1Cl. The predicted octanol–water partition coefficient (Wildman–Crippen LogP) is 2.75. The van der Waals surface area contributed by atoms with Crippen LogP contribution in [0.5, 0.6) is 0 Å². The first-order valence-corrected chi connectivity index (χ1v) is 12.0. The molecule has 1 atom stereocenters. The van der Waals surface area contributed by atoms with Crippen molar-refractivity contribution in [1.82, 2.24) is 20.2 Å². The number of imidazole rings is 1. The van der Waals surface area contributed by atoms with Gasteiger partial charge in [0.05, 0.1) is 23.0 Å². The number of nitrogens with one attached hydrogen (secondary N) is 4. The zero-order chi connectivity index (χ0) is 25.5. The third kappa shape index (κ3) is 6.48. The number of aromatic nitrogens is 2. The van der Waals surface area contributed by atoms with Crippen molar-refractivity contribution >= 4 is 40.7 Å². The van der Waals surface area contributed by atoms with Gasteiger partial charge in [0.1, 0.15) is 5.69 Å². The van der Waals surface area contributed by atoms with Gasteiger partial charge in [-0.1, -0.05) is 23.7 Å². The number of aromatic amines is 1. The zero-order valence-corrected chi connectivity index (χ0v) is 20.2. The number of hydrogen-bond donors (Lipinski definition) is 5. The van der Waals surface area contributed by atoms with Crippen LogP contribution in [0.2, 0.25) is 5.02 Å². The fraction of sp³-hybridized carbons (Fsp3) is 0.280. The highest BCUT2D eigenvalue weighted by Gasteiger charge is 2.21. The lowest BCUT2D eigenvalue weighted by molar-refractivity contribution is 0.0702. The van der Waals surface area contributed by atoms with Crippen LogP contribution in [0, 0.1) is 0 Å². The number of rotatable bonds is 8. The Morgan fingerprint density at radius 3 is 2.42 bits per heavy atom. The van der Waals surface area contributed by atoms with Crippen LogP contribution in [0.15, 0.2) is 54.9 Å². The van der Waals surface area contributed by atoms with Gasteiger partial charge in [-0.15, -0.1) is 0 Å². The van der Waals surface area contributed by atoms with Gasteiger partial charge in [-0.3, -0.25) is 19.3 Å². The highest BCUT2D eigenvalue weighted by Crippen LogP contribution is 2.19. The molecule has 188 valence electrons. The molecule has 2 heterocycles.